The van der Waals surface area contributed by atoms with Crippen LogP contribution in [0.3, 0.4) is 0 Å². The van der Waals surface area contributed by atoms with E-state index < -0.39 is 11.7 Å². The van der Waals surface area contributed by atoms with Gasteiger partial charge < -0.3 is 5.32 Å². The lowest BCUT2D eigenvalue weighted by Gasteiger charge is -2.25. The van der Waals surface area contributed by atoms with Crippen LogP contribution in [-0.2, 0) is 6.18 Å². The van der Waals surface area contributed by atoms with Crippen molar-refractivity contribution < 1.29 is 13.2 Å². The van der Waals surface area contributed by atoms with Crippen molar-refractivity contribution in [2.24, 2.45) is 0 Å². The van der Waals surface area contributed by atoms with Crippen molar-refractivity contribution in [2.75, 3.05) is 5.32 Å². The third kappa shape index (κ3) is 3.18. The van der Waals surface area contributed by atoms with Gasteiger partial charge in [-0.05, 0) is 37.5 Å². The third-order valence-electron chi connectivity index (χ3n) is 3.53. The summed E-state index contributed by atoms with van der Waals surface area (Å²) < 4.78 is 38.0. The molecule has 1 aromatic rings. The number of hydrogen-bond acceptors (Lipinski definition) is 1. The molecule has 0 amide bonds. The zero-order valence-electron chi connectivity index (χ0n) is 10.5. The van der Waals surface area contributed by atoms with Crippen LogP contribution in [-0.4, -0.2) is 6.04 Å². The first-order chi connectivity index (χ1) is 8.47. The van der Waals surface area contributed by atoms with Gasteiger partial charge in [-0.3, -0.25) is 0 Å². The van der Waals surface area contributed by atoms with E-state index in [1.165, 1.54) is 18.6 Å². The third-order valence-corrected chi connectivity index (χ3v) is 3.53. The summed E-state index contributed by atoms with van der Waals surface area (Å²) in [6, 6.07) is 4.22. The lowest BCUT2D eigenvalue weighted by molar-refractivity contribution is -0.137. The Morgan fingerprint density at radius 1 is 1.11 bits per heavy atom. The Kier molecular flexibility index (Phi) is 3.83. The van der Waals surface area contributed by atoms with Gasteiger partial charge in [-0.15, -0.1) is 0 Å². The van der Waals surface area contributed by atoms with E-state index in [4.69, 9.17) is 0 Å². The van der Waals surface area contributed by atoms with Crippen LogP contribution in [0.2, 0.25) is 0 Å². The number of alkyl halides is 3. The van der Waals surface area contributed by atoms with Gasteiger partial charge in [0.25, 0.3) is 0 Å². The van der Waals surface area contributed by atoms with Crippen molar-refractivity contribution in [1.82, 2.24) is 0 Å². The van der Waals surface area contributed by atoms with Crippen molar-refractivity contribution >= 4 is 5.69 Å². The van der Waals surface area contributed by atoms with Crippen molar-refractivity contribution in [2.45, 2.75) is 51.2 Å². The summed E-state index contributed by atoms with van der Waals surface area (Å²) in [5.41, 5.74) is 0.914. The maximum atomic E-state index is 12.7. The van der Waals surface area contributed by atoms with Gasteiger partial charge in [0.05, 0.1) is 5.56 Å². The Hall–Kier alpha value is -1.19. The predicted molar refractivity (Wildman–Crippen MR) is 66.7 cm³/mol. The van der Waals surface area contributed by atoms with Crippen LogP contribution in [0, 0.1) is 6.92 Å². The van der Waals surface area contributed by atoms with E-state index in [0.717, 1.165) is 37.3 Å². The van der Waals surface area contributed by atoms with Gasteiger partial charge in [-0.2, -0.15) is 13.2 Å². The van der Waals surface area contributed by atoms with Gasteiger partial charge in [0.1, 0.15) is 0 Å². The van der Waals surface area contributed by atoms with Crippen LogP contribution >= 0.6 is 0 Å². The SMILES string of the molecule is Cc1ccc(C(F)(F)F)cc1NC1CCCCC1. The van der Waals surface area contributed by atoms with Gasteiger partial charge in [0.2, 0.25) is 0 Å². The summed E-state index contributed by atoms with van der Waals surface area (Å²) in [6.45, 7) is 1.84. The first-order valence-corrected chi connectivity index (χ1v) is 6.41. The molecule has 1 saturated carbocycles. The van der Waals surface area contributed by atoms with E-state index in [9.17, 15) is 13.2 Å². The highest BCUT2D eigenvalue weighted by molar-refractivity contribution is 5.53. The van der Waals surface area contributed by atoms with Crippen LogP contribution in [0.1, 0.15) is 43.2 Å². The molecular formula is C14H18F3N. The number of nitrogens with one attached hydrogen (secondary N) is 1. The van der Waals surface area contributed by atoms with Crippen LogP contribution in [0.4, 0.5) is 18.9 Å². The first-order valence-electron chi connectivity index (χ1n) is 6.41. The molecule has 1 nitrogen and oxygen atoms in total. The Labute approximate surface area is 105 Å². The monoisotopic (exact) mass is 257 g/mol. The highest BCUT2D eigenvalue weighted by Gasteiger charge is 2.31. The summed E-state index contributed by atoms with van der Waals surface area (Å²) in [5, 5.41) is 3.26. The summed E-state index contributed by atoms with van der Waals surface area (Å²) in [7, 11) is 0. The van der Waals surface area contributed by atoms with Gasteiger partial charge in [0, 0.05) is 11.7 Å². The normalized spacial score (nSPS) is 17.8. The maximum Gasteiger partial charge on any atom is 0.416 e. The van der Waals surface area contributed by atoms with E-state index in [1.807, 2.05) is 6.92 Å². The quantitative estimate of drug-likeness (QED) is 0.805. The second kappa shape index (κ2) is 5.21. The van der Waals surface area contributed by atoms with Crippen molar-refractivity contribution in [3.8, 4) is 0 Å². The number of hydrogen-bond donors (Lipinski definition) is 1. The van der Waals surface area contributed by atoms with Gasteiger partial charge in [-0.25, -0.2) is 0 Å². The molecular weight excluding hydrogens is 239 g/mol. The molecule has 4 heteroatoms. The number of benzene rings is 1. The molecule has 1 aliphatic carbocycles. The molecule has 0 radical (unpaired) electrons. The fraction of sp³-hybridized carbons (Fsp3) is 0.571. The minimum absolute atomic E-state index is 0.320. The molecule has 0 aliphatic heterocycles. The van der Waals surface area contributed by atoms with E-state index in [2.05, 4.69) is 5.32 Å². The van der Waals surface area contributed by atoms with Gasteiger partial charge >= 0.3 is 6.18 Å². The second-order valence-corrected chi connectivity index (χ2v) is 5.01. The molecule has 1 fully saturated rings. The molecule has 0 unspecified atom stereocenters. The lowest BCUT2D eigenvalue weighted by atomic mass is 9.95. The number of anilines is 1. The lowest BCUT2D eigenvalue weighted by Crippen LogP contribution is -2.23. The van der Waals surface area contributed by atoms with E-state index in [1.54, 1.807) is 0 Å². The number of aryl methyl sites for hydroxylation is 1. The topological polar surface area (TPSA) is 12.0 Å². The minimum atomic E-state index is -4.27. The fourth-order valence-corrected chi connectivity index (χ4v) is 2.42. The zero-order valence-corrected chi connectivity index (χ0v) is 10.5. The van der Waals surface area contributed by atoms with Crippen molar-refractivity contribution in [3.05, 3.63) is 29.3 Å². The molecule has 0 spiro atoms. The molecule has 100 valence electrons. The van der Waals surface area contributed by atoms with Gasteiger partial charge in [0.15, 0.2) is 0 Å². The van der Waals surface area contributed by atoms with Crippen LogP contribution in [0.5, 0.6) is 0 Å². The number of halogens is 3. The van der Waals surface area contributed by atoms with Crippen molar-refractivity contribution in [3.63, 3.8) is 0 Å². The van der Waals surface area contributed by atoms with Crippen LogP contribution in [0.25, 0.3) is 0 Å². The summed E-state index contributed by atoms with van der Waals surface area (Å²) >= 11 is 0. The predicted octanol–water partition coefficient (Wildman–Crippen LogP) is 4.76. The van der Waals surface area contributed by atoms with Crippen LogP contribution in [0.15, 0.2) is 18.2 Å². The standard InChI is InChI=1S/C14H18F3N/c1-10-7-8-11(14(15,16)17)9-13(10)18-12-5-3-2-4-6-12/h7-9,12,18H,2-6H2,1H3. The Bertz CT molecular complexity index is 406. The molecule has 1 aromatic carbocycles. The highest BCUT2D eigenvalue weighted by atomic mass is 19.4. The Morgan fingerprint density at radius 2 is 1.78 bits per heavy atom. The molecule has 0 heterocycles. The van der Waals surface area contributed by atoms with Gasteiger partial charge in [-0.1, -0.05) is 25.3 Å². The molecule has 0 aromatic heterocycles. The maximum absolute atomic E-state index is 12.7. The molecule has 18 heavy (non-hydrogen) atoms. The molecule has 1 aliphatic rings. The van der Waals surface area contributed by atoms with E-state index >= 15 is 0 Å². The van der Waals surface area contributed by atoms with E-state index in [-0.39, 0.29) is 0 Å². The zero-order chi connectivity index (χ0) is 13.2. The Balaban J connectivity index is 2.15. The second-order valence-electron chi connectivity index (χ2n) is 5.01. The Morgan fingerprint density at radius 3 is 2.39 bits per heavy atom. The smallest absolute Gasteiger partial charge is 0.382 e. The highest BCUT2D eigenvalue weighted by Crippen LogP contribution is 2.33. The summed E-state index contributed by atoms with van der Waals surface area (Å²) in [4.78, 5) is 0. The average Bonchev–Trinajstić information content (AvgIpc) is 2.32. The minimum Gasteiger partial charge on any atom is -0.382 e. The fourth-order valence-electron chi connectivity index (χ4n) is 2.42. The first kappa shape index (κ1) is 13.2. The van der Waals surface area contributed by atoms with E-state index in [0.29, 0.717) is 11.7 Å². The molecule has 1 N–H and O–H groups in total. The van der Waals surface area contributed by atoms with Crippen molar-refractivity contribution in [1.29, 1.82) is 0 Å². The summed E-state index contributed by atoms with van der Waals surface area (Å²) in [6.07, 6.45) is 1.40. The molecule has 0 saturated heterocycles. The number of rotatable bonds is 2. The molecule has 2 rings (SSSR count). The van der Waals surface area contributed by atoms with Crippen LogP contribution < -0.4 is 5.32 Å². The average molecular weight is 257 g/mol. The molecule has 0 atom stereocenters. The largest absolute Gasteiger partial charge is 0.416 e. The summed E-state index contributed by atoms with van der Waals surface area (Å²) in [5.74, 6) is 0. The molecule has 0 bridgehead atoms.